The first-order chi connectivity index (χ1) is 11.6. The van der Waals surface area contributed by atoms with Gasteiger partial charge in [-0.1, -0.05) is 12.1 Å². The summed E-state index contributed by atoms with van der Waals surface area (Å²) in [4.78, 5) is 36.4. The molecule has 0 aliphatic carbocycles. The van der Waals surface area contributed by atoms with E-state index in [0.29, 0.717) is 16.9 Å². The van der Waals surface area contributed by atoms with Crippen LogP contribution < -0.4 is 5.32 Å². The third kappa shape index (κ3) is 3.35. The van der Waals surface area contributed by atoms with Gasteiger partial charge in [0.15, 0.2) is 6.61 Å². The van der Waals surface area contributed by atoms with E-state index >= 15 is 0 Å². The minimum absolute atomic E-state index is 0.266. The highest BCUT2D eigenvalue weighted by molar-refractivity contribution is 6.02. The molecule has 3 aromatic rings. The number of hydrogen-bond acceptors (Lipinski definition) is 6. The molecule has 24 heavy (non-hydrogen) atoms. The number of aryl methyl sites for hydroxylation is 1. The molecule has 7 nitrogen and oxygen atoms in total. The van der Waals surface area contributed by atoms with Crippen LogP contribution in [0.5, 0.6) is 0 Å². The average Bonchev–Trinajstić information content (AvgIpc) is 2.61. The Morgan fingerprint density at radius 2 is 1.88 bits per heavy atom. The zero-order chi connectivity index (χ0) is 16.9. The van der Waals surface area contributed by atoms with Crippen LogP contribution in [-0.2, 0) is 9.53 Å². The van der Waals surface area contributed by atoms with E-state index in [4.69, 9.17) is 4.74 Å². The summed E-state index contributed by atoms with van der Waals surface area (Å²) in [5, 5.41) is 2.60. The van der Waals surface area contributed by atoms with Crippen molar-refractivity contribution in [1.29, 1.82) is 0 Å². The number of carbonyl (C=O) groups excluding carboxylic acids is 2. The second-order valence-electron chi connectivity index (χ2n) is 5.02. The van der Waals surface area contributed by atoms with E-state index in [9.17, 15) is 9.59 Å². The first-order valence-corrected chi connectivity index (χ1v) is 7.23. The number of fused-ring (bicyclic) bond motifs is 1. The molecule has 0 spiro atoms. The zero-order valence-electron chi connectivity index (χ0n) is 12.9. The highest BCUT2D eigenvalue weighted by atomic mass is 16.5. The SMILES string of the molecule is Cc1cccnc1NC(=O)COC(=O)c1cccc2nccnc12. The smallest absolute Gasteiger partial charge is 0.340 e. The molecule has 1 N–H and O–H groups in total. The van der Waals surface area contributed by atoms with E-state index in [1.807, 2.05) is 13.0 Å². The Balaban J connectivity index is 1.67. The van der Waals surface area contributed by atoms with Gasteiger partial charge >= 0.3 is 5.97 Å². The minimum Gasteiger partial charge on any atom is -0.452 e. The van der Waals surface area contributed by atoms with Crippen molar-refractivity contribution >= 4 is 28.7 Å². The number of esters is 1. The summed E-state index contributed by atoms with van der Waals surface area (Å²) in [5.74, 6) is -0.653. The quantitative estimate of drug-likeness (QED) is 0.740. The molecule has 7 heteroatoms. The highest BCUT2D eigenvalue weighted by Crippen LogP contribution is 2.15. The van der Waals surface area contributed by atoms with Gasteiger partial charge in [-0.2, -0.15) is 0 Å². The van der Waals surface area contributed by atoms with Gasteiger partial charge in [-0.15, -0.1) is 0 Å². The van der Waals surface area contributed by atoms with Crippen LogP contribution in [0, 0.1) is 6.92 Å². The lowest BCUT2D eigenvalue weighted by Gasteiger charge is -2.08. The summed E-state index contributed by atoms with van der Waals surface area (Å²) < 4.78 is 5.06. The van der Waals surface area contributed by atoms with Crippen LogP contribution in [0.3, 0.4) is 0 Å². The summed E-state index contributed by atoms with van der Waals surface area (Å²) >= 11 is 0. The van der Waals surface area contributed by atoms with Crippen molar-refractivity contribution in [3.05, 3.63) is 60.0 Å². The lowest BCUT2D eigenvalue weighted by Crippen LogP contribution is -2.22. The first kappa shape index (κ1) is 15.5. The number of nitrogens with one attached hydrogen (secondary N) is 1. The van der Waals surface area contributed by atoms with Crippen LogP contribution in [0.15, 0.2) is 48.9 Å². The molecule has 120 valence electrons. The van der Waals surface area contributed by atoms with Crippen LogP contribution in [0.25, 0.3) is 11.0 Å². The van der Waals surface area contributed by atoms with E-state index < -0.39 is 18.5 Å². The number of carbonyl (C=O) groups is 2. The Morgan fingerprint density at radius 1 is 1.04 bits per heavy atom. The molecule has 0 saturated carbocycles. The molecule has 0 unspecified atom stereocenters. The van der Waals surface area contributed by atoms with Crippen molar-refractivity contribution in [3.8, 4) is 0 Å². The largest absolute Gasteiger partial charge is 0.452 e. The Labute approximate surface area is 137 Å². The Bertz CT molecular complexity index is 906. The molecule has 2 aromatic heterocycles. The topological polar surface area (TPSA) is 94.1 Å². The predicted molar refractivity (Wildman–Crippen MR) is 87.4 cm³/mol. The summed E-state index contributed by atoms with van der Waals surface area (Å²) in [6.45, 7) is 1.41. The molecular weight excluding hydrogens is 308 g/mol. The normalized spacial score (nSPS) is 10.4. The van der Waals surface area contributed by atoms with Crippen molar-refractivity contribution in [2.24, 2.45) is 0 Å². The van der Waals surface area contributed by atoms with Crippen molar-refractivity contribution in [2.75, 3.05) is 11.9 Å². The number of para-hydroxylation sites is 1. The summed E-state index contributed by atoms with van der Waals surface area (Å²) in [7, 11) is 0. The predicted octanol–water partition coefficient (Wildman–Crippen LogP) is 2.13. The van der Waals surface area contributed by atoms with Gasteiger partial charge in [-0.25, -0.2) is 9.78 Å². The zero-order valence-corrected chi connectivity index (χ0v) is 12.9. The fourth-order valence-electron chi connectivity index (χ4n) is 2.15. The monoisotopic (exact) mass is 322 g/mol. The number of rotatable bonds is 4. The van der Waals surface area contributed by atoms with Gasteiger partial charge in [0.1, 0.15) is 11.3 Å². The lowest BCUT2D eigenvalue weighted by atomic mass is 10.2. The van der Waals surface area contributed by atoms with Gasteiger partial charge in [0.2, 0.25) is 0 Å². The molecule has 0 atom stereocenters. The van der Waals surface area contributed by atoms with E-state index in [1.54, 1.807) is 36.7 Å². The number of hydrogen-bond donors (Lipinski definition) is 1. The van der Waals surface area contributed by atoms with Crippen molar-refractivity contribution < 1.29 is 14.3 Å². The molecule has 0 aliphatic heterocycles. The summed E-state index contributed by atoms with van der Waals surface area (Å²) in [6.07, 6.45) is 4.61. The van der Waals surface area contributed by atoms with Gasteiger partial charge in [0.05, 0.1) is 11.1 Å². The van der Waals surface area contributed by atoms with E-state index in [-0.39, 0.29) is 5.56 Å². The van der Waals surface area contributed by atoms with Crippen LogP contribution in [0.2, 0.25) is 0 Å². The highest BCUT2D eigenvalue weighted by Gasteiger charge is 2.15. The average molecular weight is 322 g/mol. The molecule has 1 aromatic carbocycles. The van der Waals surface area contributed by atoms with Gasteiger partial charge in [0.25, 0.3) is 5.91 Å². The maximum atomic E-state index is 12.2. The maximum Gasteiger partial charge on any atom is 0.340 e. The Kier molecular flexibility index (Phi) is 4.42. The number of anilines is 1. The lowest BCUT2D eigenvalue weighted by molar-refractivity contribution is -0.119. The molecule has 0 fully saturated rings. The number of ether oxygens (including phenoxy) is 1. The fourth-order valence-corrected chi connectivity index (χ4v) is 2.15. The molecule has 0 radical (unpaired) electrons. The molecule has 3 rings (SSSR count). The van der Waals surface area contributed by atoms with Crippen LogP contribution in [0.4, 0.5) is 5.82 Å². The molecule has 1 amide bonds. The number of amides is 1. The molecule has 0 bridgehead atoms. The van der Waals surface area contributed by atoms with Gasteiger partial charge in [0, 0.05) is 18.6 Å². The number of aromatic nitrogens is 3. The third-order valence-corrected chi connectivity index (χ3v) is 3.32. The molecular formula is C17H14N4O3. The van der Waals surface area contributed by atoms with Crippen LogP contribution >= 0.6 is 0 Å². The van der Waals surface area contributed by atoms with Gasteiger partial charge in [-0.3, -0.25) is 14.8 Å². The fraction of sp³-hybridized carbons (Fsp3) is 0.118. The Hall–Kier alpha value is -3.35. The first-order valence-electron chi connectivity index (χ1n) is 7.23. The minimum atomic E-state index is -0.631. The van der Waals surface area contributed by atoms with Crippen molar-refractivity contribution in [3.63, 3.8) is 0 Å². The van der Waals surface area contributed by atoms with E-state index in [0.717, 1.165) is 5.56 Å². The third-order valence-electron chi connectivity index (χ3n) is 3.32. The molecule has 2 heterocycles. The molecule has 0 saturated heterocycles. The number of pyridine rings is 1. The number of benzene rings is 1. The maximum absolute atomic E-state index is 12.2. The standard InChI is InChI=1S/C17H14N4O3/c1-11-4-3-7-20-16(11)21-14(22)10-24-17(23)12-5-2-6-13-15(12)19-9-8-18-13/h2-9H,10H2,1H3,(H,20,21,22). The van der Waals surface area contributed by atoms with E-state index in [2.05, 4.69) is 20.3 Å². The molecule has 0 aliphatic rings. The second-order valence-corrected chi connectivity index (χ2v) is 5.02. The van der Waals surface area contributed by atoms with Crippen LogP contribution in [-0.4, -0.2) is 33.4 Å². The van der Waals surface area contributed by atoms with Gasteiger partial charge < -0.3 is 10.1 Å². The second kappa shape index (κ2) is 6.82. The number of nitrogens with zero attached hydrogens (tertiary/aromatic N) is 3. The summed E-state index contributed by atoms with van der Waals surface area (Å²) in [5.41, 5.74) is 2.11. The van der Waals surface area contributed by atoms with Crippen molar-refractivity contribution in [2.45, 2.75) is 6.92 Å². The van der Waals surface area contributed by atoms with Gasteiger partial charge in [-0.05, 0) is 30.7 Å². The van der Waals surface area contributed by atoms with E-state index in [1.165, 1.54) is 6.20 Å². The Morgan fingerprint density at radius 3 is 2.71 bits per heavy atom. The van der Waals surface area contributed by atoms with Crippen LogP contribution in [0.1, 0.15) is 15.9 Å². The summed E-state index contributed by atoms with van der Waals surface area (Å²) in [6, 6.07) is 8.61. The van der Waals surface area contributed by atoms with Crippen molar-refractivity contribution in [1.82, 2.24) is 15.0 Å².